The molecule has 2 aromatic carbocycles. The number of pyridine rings is 1. The smallest absolute Gasteiger partial charge is 0.279 e. The van der Waals surface area contributed by atoms with Crippen molar-refractivity contribution in [2.45, 2.75) is 26.9 Å². The first kappa shape index (κ1) is 18.4. The number of amides is 2. The van der Waals surface area contributed by atoms with Crippen LogP contribution in [0, 0.1) is 13.8 Å². The number of benzene rings is 2. The molecule has 6 nitrogen and oxygen atoms in total. The van der Waals surface area contributed by atoms with Crippen molar-refractivity contribution in [2.24, 2.45) is 0 Å². The van der Waals surface area contributed by atoms with Gasteiger partial charge in [0.15, 0.2) is 6.10 Å². The highest BCUT2D eigenvalue weighted by Gasteiger charge is 2.18. The van der Waals surface area contributed by atoms with Crippen LogP contribution < -0.4 is 15.6 Å². The molecule has 2 N–H and O–H groups in total. The van der Waals surface area contributed by atoms with Crippen LogP contribution in [0.4, 0.5) is 0 Å². The van der Waals surface area contributed by atoms with Crippen molar-refractivity contribution in [2.75, 3.05) is 0 Å². The summed E-state index contributed by atoms with van der Waals surface area (Å²) in [4.78, 5) is 29.0. The Morgan fingerprint density at radius 1 is 1.00 bits per heavy atom. The number of aromatic nitrogens is 1. The molecule has 0 saturated carbocycles. The highest BCUT2D eigenvalue weighted by molar-refractivity contribution is 6.06. The molecule has 0 fully saturated rings. The Kier molecular flexibility index (Phi) is 5.35. The van der Waals surface area contributed by atoms with Crippen LogP contribution in [0.5, 0.6) is 5.75 Å². The maximum absolute atomic E-state index is 12.4. The van der Waals surface area contributed by atoms with E-state index in [9.17, 15) is 9.59 Å². The van der Waals surface area contributed by atoms with E-state index >= 15 is 0 Å². The molecular weight excluding hydrogens is 342 g/mol. The van der Waals surface area contributed by atoms with E-state index in [-0.39, 0.29) is 0 Å². The lowest BCUT2D eigenvalue weighted by Gasteiger charge is -2.17. The Balaban J connectivity index is 1.64. The molecule has 3 aromatic rings. The fraction of sp³-hybridized carbons (Fsp3) is 0.190. The zero-order valence-corrected chi connectivity index (χ0v) is 15.4. The molecule has 0 aliphatic carbocycles. The molecule has 2 amide bonds. The Morgan fingerprint density at radius 3 is 2.59 bits per heavy atom. The lowest BCUT2D eigenvalue weighted by Crippen LogP contribution is -2.47. The molecular formula is C21H21N3O3. The highest BCUT2D eigenvalue weighted by Crippen LogP contribution is 2.21. The first-order valence-electron chi connectivity index (χ1n) is 8.64. The van der Waals surface area contributed by atoms with E-state index in [1.54, 1.807) is 19.2 Å². The van der Waals surface area contributed by atoms with Crippen LogP contribution in [0.25, 0.3) is 10.9 Å². The Hall–Kier alpha value is -3.41. The molecule has 1 aromatic heterocycles. The molecule has 1 unspecified atom stereocenters. The Morgan fingerprint density at radius 2 is 1.78 bits per heavy atom. The molecule has 3 rings (SSSR count). The second-order valence-electron chi connectivity index (χ2n) is 6.28. The van der Waals surface area contributed by atoms with Gasteiger partial charge in [0.05, 0.1) is 11.1 Å². The number of fused-ring (bicyclic) bond motifs is 1. The average molecular weight is 363 g/mol. The maximum Gasteiger partial charge on any atom is 0.279 e. The van der Waals surface area contributed by atoms with E-state index in [1.807, 2.05) is 56.3 Å². The minimum Gasteiger partial charge on any atom is -0.481 e. The Labute approximate surface area is 157 Å². The molecule has 0 radical (unpaired) electrons. The third-order valence-electron chi connectivity index (χ3n) is 4.42. The predicted molar refractivity (Wildman–Crippen MR) is 103 cm³/mol. The number of hydrogen-bond acceptors (Lipinski definition) is 4. The number of nitrogens with one attached hydrogen (secondary N) is 2. The summed E-state index contributed by atoms with van der Waals surface area (Å²) in [6, 6.07) is 14.6. The molecule has 0 bridgehead atoms. The number of rotatable bonds is 4. The number of hydrogen-bond donors (Lipinski definition) is 2. The van der Waals surface area contributed by atoms with Gasteiger partial charge in [-0.25, -0.2) is 0 Å². The SMILES string of the molecule is Cc1cccc(OC(C)C(=O)NNC(=O)c2ccnc3ccccc23)c1C. The first-order valence-corrected chi connectivity index (χ1v) is 8.64. The van der Waals surface area contributed by atoms with E-state index in [2.05, 4.69) is 15.8 Å². The minimum atomic E-state index is -0.764. The van der Waals surface area contributed by atoms with Gasteiger partial charge in [-0.15, -0.1) is 0 Å². The van der Waals surface area contributed by atoms with E-state index in [1.165, 1.54) is 0 Å². The summed E-state index contributed by atoms with van der Waals surface area (Å²) < 4.78 is 5.72. The van der Waals surface area contributed by atoms with E-state index in [0.29, 0.717) is 22.2 Å². The average Bonchev–Trinajstić information content (AvgIpc) is 2.68. The van der Waals surface area contributed by atoms with Crippen LogP contribution in [0.2, 0.25) is 0 Å². The fourth-order valence-electron chi connectivity index (χ4n) is 2.68. The van der Waals surface area contributed by atoms with Crippen LogP contribution in [-0.4, -0.2) is 22.9 Å². The number of nitrogens with zero attached hydrogens (tertiary/aromatic N) is 1. The maximum atomic E-state index is 12.4. The van der Waals surface area contributed by atoms with Crippen molar-refractivity contribution >= 4 is 22.7 Å². The second kappa shape index (κ2) is 7.86. The molecule has 1 atom stereocenters. The zero-order valence-electron chi connectivity index (χ0n) is 15.4. The number of ether oxygens (including phenoxy) is 1. The van der Waals surface area contributed by atoms with Gasteiger partial charge in [0, 0.05) is 11.6 Å². The van der Waals surface area contributed by atoms with Gasteiger partial charge in [0.2, 0.25) is 0 Å². The Bertz CT molecular complexity index is 996. The van der Waals surface area contributed by atoms with Gasteiger partial charge in [0.1, 0.15) is 5.75 Å². The van der Waals surface area contributed by atoms with Crippen molar-refractivity contribution in [1.29, 1.82) is 0 Å². The van der Waals surface area contributed by atoms with Crippen molar-refractivity contribution in [3.8, 4) is 5.75 Å². The van der Waals surface area contributed by atoms with Crippen LogP contribution >= 0.6 is 0 Å². The highest BCUT2D eigenvalue weighted by atomic mass is 16.5. The van der Waals surface area contributed by atoms with Gasteiger partial charge >= 0.3 is 0 Å². The summed E-state index contributed by atoms with van der Waals surface area (Å²) in [6.45, 7) is 5.54. The summed E-state index contributed by atoms with van der Waals surface area (Å²) in [7, 11) is 0. The van der Waals surface area contributed by atoms with Crippen molar-refractivity contribution in [3.63, 3.8) is 0 Å². The van der Waals surface area contributed by atoms with Gasteiger partial charge in [-0.3, -0.25) is 25.4 Å². The van der Waals surface area contributed by atoms with Crippen LogP contribution in [0.3, 0.4) is 0 Å². The van der Waals surface area contributed by atoms with Crippen molar-refractivity contribution in [1.82, 2.24) is 15.8 Å². The van der Waals surface area contributed by atoms with Crippen molar-refractivity contribution in [3.05, 3.63) is 71.4 Å². The van der Waals surface area contributed by atoms with Gasteiger partial charge in [-0.2, -0.15) is 0 Å². The molecule has 27 heavy (non-hydrogen) atoms. The van der Waals surface area contributed by atoms with Crippen molar-refractivity contribution < 1.29 is 14.3 Å². The van der Waals surface area contributed by atoms with Gasteiger partial charge < -0.3 is 4.74 Å². The van der Waals surface area contributed by atoms with Gasteiger partial charge in [-0.1, -0.05) is 30.3 Å². The molecule has 0 saturated heterocycles. The summed E-state index contributed by atoms with van der Waals surface area (Å²) in [5, 5.41) is 0.714. The first-order chi connectivity index (χ1) is 13.0. The van der Waals surface area contributed by atoms with E-state index in [0.717, 1.165) is 11.1 Å². The lowest BCUT2D eigenvalue weighted by molar-refractivity contribution is -0.128. The molecule has 1 heterocycles. The molecule has 0 spiro atoms. The molecule has 6 heteroatoms. The van der Waals surface area contributed by atoms with Crippen LogP contribution in [0.15, 0.2) is 54.7 Å². The second-order valence-corrected chi connectivity index (χ2v) is 6.28. The molecule has 0 aliphatic rings. The van der Waals surface area contributed by atoms with Gasteiger partial charge in [0.25, 0.3) is 11.8 Å². The van der Waals surface area contributed by atoms with Gasteiger partial charge in [-0.05, 0) is 50.1 Å². The summed E-state index contributed by atoms with van der Waals surface area (Å²) >= 11 is 0. The monoisotopic (exact) mass is 363 g/mol. The number of carbonyl (C=O) groups excluding carboxylic acids is 2. The van der Waals surface area contributed by atoms with E-state index < -0.39 is 17.9 Å². The topological polar surface area (TPSA) is 80.3 Å². The van der Waals surface area contributed by atoms with E-state index in [4.69, 9.17) is 4.74 Å². The summed E-state index contributed by atoms with van der Waals surface area (Å²) in [5.74, 6) is -0.215. The third-order valence-corrected chi connectivity index (χ3v) is 4.42. The minimum absolute atomic E-state index is 0.416. The molecule has 0 aliphatic heterocycles. The standard InChI is InChI=1S/C21H21N3O3/c1-13-7-6-10-19(14(13)2)27-15(3)20(25)23-24-21(26)17-11-12-22-18-9-5-4-8-16(17)18/h4-12,15H,1-3H3,(H,23,25)(H,24,26). The summed E-state index contributed by atoms with van der Waals surface area (Å²) in [5.41, 5.74) is 8.06. The quantitative estimate of drug-likeness (QED) is 0.698. The normalized spacial score (nSPS) is 11.7. The van der Waals surface area contributed by atoms with Crippen LogP contribution in [0.1, 0.15) is 28.4 Å². The predicted octanol–water partition coefficient (Wildman–Crippen LogP) is 3.08. The largest absolute Gasteiger partial charge is 0.481 e. The number of carbonyl (C=O) groups is 2. The number of aryl methyl sites for hydroxylation is 1. The number of para-hydroxylation sites is 1. The van der Waals surface area contributed by atoms with Crippen LogP contribution in [-0.2, 0) is 4.79 Å². The zero-order chi connectivity index (χ0) is 19.4. The lowest BCUT2D eigenvalue weighted by atomic mass is 10.1. The molecule has 138 valence electrons. The fourth-order valence-corrected chi connectivity index (χ4v) is 2.68. The number of hydrazine groups is 1. The summed E-state index contributed by atoms with van der Waals surface area (Å²) in [6.07, 6.45) is 0.797. The third kappa shape index (κ3) is 4.06.